The van der Waals surface area contributed by atoms with Gasteiger partial charge in [-0.1, -0.05) is 80.1 Å². The number of Topliss-reactive ketones (excluding diaryl/α,β-unsaturated/α-hetero) is 1. The molecule has 0 radical (unpaired) electrons. The highest BCUT2D eigenvalue weighted by atomic mass is 19.4. The van der Waals surface area contributed by atoms with Crippen molar-refractivity contribution in [2.45, 2.75) is 32.9 Å². The van der Waals surface area contributed by atoms with E-state index in [-0.39, 0.29) is 11.5 Å². The second kappa shape index (κ2) is 8.50. The molecule has 6 rings (SSSR count). The quantitative estimate of drug-likeness (QED) is 0.341. The van der Waals surface area contributed by atoms with Gasteiger partial charge in [0.05, 0.1) is 33.9 Å². The van der Waals surface area contributed by atoms with E-state index in [0.29, 0.717) is 12.8 Å². The maximum absolute atomic E-state index is 14.6. The van der Waals surface area contributed by atoms with Crippen LogP contribution in [0, 0.1) is 22.7 Å². The van der Waals surface area contributed by atoms with Crippen molar-refractivity contribution in [2.75, 3.05) is 4.90 Å². The van der Waals surface area contributed by atoms with E-state index in [1.165, 1.54) is 12.1 Å². The molecule has 1 saturated carbocycles. The van der Waals surface area contributed by atoms with Crippen molar-refractivity contribution in [1.29, 1.82) is 0 Å². The molecule has 0 unspecified atom stereocenters. The van der Waals surface area contributed by atoms with Crippen molar-refractivity contribution < 1.29 is 27.6 Å². The van der Waals surface area contributed by atoms with E-state index in [1.54, 1.807) is 6.92 Å². The monoisotopic (exact) mass is 529 g/mol. The summed E-state index contributed by atoms with van der Waals surface area (Å²) in [6.07, 6.45) is -3.71. The van der Waals surface area contributed by atoms with Gasteiger partial charge in [-0.2, -0.15) is 13.2 Å². The number of imide groups is 1. The minimum absolute atomic E-state index is 0.126. The third-order valence-corrected chi connectivity index (χ3v) is 8.75. The van der Waals surface area contributed by atoms with Crippen LogP contribution in [-0.2, 0) is 20.6 Å². The van der Waals surface area contributed by atoms with Crippen LogP contribution in [0.5, 0.6) is 0 Å². The van der Waals surface area contributed by atoms with Gasteiger partial charge < -0.3 is 0 Å². The zero-order valence-electron chi connectivity index (χ0n) is 21.5. The Kier molecular flexibility index (Phi) is 5.51. The molecule has 2 bridgehead atoms. The van der Waals surface area contributed by atoms with Crippen LogP contribution < -0.4 is 4.90 Å². The molecule has 1 aliphatic heterocycles. The van der Waals surface area contributed by atoms with E-state index in [2.05, 4.69) is 0 Å². The highest BCUT2D eigenvalue weighted by Gasteiger charge is 2.80. The number of hydrogen-bond acceptors (Lipinski definition) is 3. The molecule has 0 aromatic heterocycles. The first kappa shape index (κ1) is 25.3. The fraction of sp³-hybridized carbons (Fsp3) is 0.281. The lowest BCUT2D eigenvalue weighted by Crippen LogP contribution is -2.41. The molecule has 7 heteroatoms. The third-order valence-electron chi connectivity index (χ3n) is 8.75. The van der Waals surface area contributed by atoms with Crippen molar-refractivity contribution in [2.24, 2.45) is 22.7 Å². The third kappa shape index (κ3) is 3.22. The number of anilines is 1. The van der Waals surface area contributed by atoms with Gasteiger partial charge in [-0.3, -0.25) is 14.4 Å². The van der Waals surface area contributed by atoms with Crippen LogP contribution >= 0.6 is 0 Å². The Morgan fingerprint density at radius 2 is 1.33 bits per heavy atom. The molecule has 1 saturated heterocycles. The maximum Gasteiger partial charge on any atom is 0.416 e. The molecular formula is C32H26F3NO3. The molecule has 1 heterocycles. The number of ketones is 1. The van der Waals surface area contributed by atoms with Crippen LogP contribution in [-0.4, -0.2) is 17.6 Å². The second-order valence-corrected chi connectivity index (χ2v) is 10.8. The average Bonchev–Trinajstić information content (AvgIpc) is 3.39. The summed E-state index contributed by atoms with van der Waals surface area (Å²) in [6, 6.07) is 23.1. The van der Waals surface area contributed by atoms with E-state index < -0.39 is 46.2 Å². The van der Waals surface area contributed by atoms with Crippen LogP contribution in [0.4, 0.5) is 18.9 Å². The fourth-order valence-corrected chi connectivity index (χ4v) is 7.43. The van der Waals surface area contributed by atoms with Gasteiger partial charge in [0.2, 0.25) is 11.8 Å². The first-order chi connectivity index (χ1) is 18.6. The van der Waals surface area contributed by atoms with Crippen LogP contribution in [0.15, 0.2) is 84.9 Å². The zero-order chi connectivity index (χ0) is 27.7. The zero-order valence-corrected chi connectivity index (χ0v) is 21.5. The molecule has 4 nitrogen and oxygen atoms in total. The summed E-state index contributed by atoms with van der Waals surface area (Å²) in [5.41, 5.74) is -0.602. The average molecular weight is 530 g/mol. The number of carbonyl (C=O) groups is 3. The number of halogens is 3. The van der Waals surface area contributed by atoms with Crippen LogP contribution in [0.1, 0.15) is 43.4 Å². The van der Waals surface area contributed by atoms with Gasteiger partial charge in [0.15, 0.2) is 5.78 Å². The Bertz CT molecular complexity index is 1550. The van der Waals surface area contributed by atoms with Crippen LogP contribution in [0.3, 0.4) is 0 Å². The van der Waals surface area contributed by atoms with Crippen molar-refractivity contribution in [3.8, 4) is 0 Å². The molecule has 3 aliphatic rings. The van der Waals surface area contributed by atoms with Gasteiger partial charge in [-0.05, 0) is 53.8 Å². The number of alkyl halides is 3. The molecule has 0 spiro atoms. The number of fused-ring (bicyclic) bond motifs is 5. The number of hydrogen-bond donors (Lipinski definition) is 0. The van der Waals surface area contributed by atoms with Gasteiger partial charge in [0.25, 0.3) is 0 Å². The fourth-order valence-electron chi connectivity index (χ4n) is 7.43. The van der Waals surface area contributed by atoms with Gasteiger partial charge in [0, 0.05) is 0 Å². The number of nitrogens with zero attached hydrogens (tertiary/aromatic N) is 1. The summed E-state index contributed by atoms with van der Waals surface area (Å²) < 4.78 is 40.6. The SMILES string of the molecule is CCC[C@@]12C(=O)[C@@](C)(C(c3ccccc3)=C1c1ccccc1)[C@@H]1C(=O)N(c3cccc(C(F)(F)F)c3)C(=O)[C@H]12. The standard InChI is InChI=1S/C32H26F3NO3/c1-3-17-31-24(20-13-8-5-9-14-20)23(19-11-6-4-7-12-19)30(2,29(31)39)25-26(31)28(38)36(27(25)37)22-16-10-15-21(18-22)32(33,34)35/h4-16,18,25-26H,3,17H2,1-2H3/t25-,26-,30-,31+/m0/s1. The lowest BCUT2D eigenvalue weighted by molar-refractivity contribution is -0.137. The molecule has 3 aromatic rings. The van der Waals surface area contributed by atoms with Crippen molar-refractivity contribution in [3.05, 3.63) is 102 Å². The molecule has 2 fully saturated rings. The minimum Gasteiger partial charge on any atom is -0.298 e. The van der Waals surface area contributed by atoms with E-state index >= 15 is 0 Å². The molecule has 2 aliphatic carbocycles. The number of carbonyl (C=O) groups excluding carboxylic acids is 3. The van der Waals surface area contributed by atoms with Crippen molar-refractivity contribution in [3.63, 3.8) is 0 Å². The lowest BCUT2D eigenvalue weighted by Gasteiger charge is -2.37. The largest absolute Gasteiger partial charge is 0.416 e. The Hall–Kier alpha value is -4.00. The molecular weight excluding hydrogens is 503 g/mol. The number of benzene rings is 3. The molecule has 4 atom stereocenters. The van der Waals surface area contributed by atoms with E-state index in [4.69, 9.17) is 0 Å². The highest BCUT2D eigenvalue weighted by molar-refractivity contribution is 6.34. The molecule has 0 N–H and O–H groups in total. The van der Waals surface area contributed by atoms with E-state index in [1.807, 2.05) is 67.6 Å². The van der Waals surface area contributed by atoms with Gasteiger partial charge in [0.1, 0.15) is 0 Å². The molecule has 3 aromatic carbocycles. The van der Waals surface area contributed by atoms with Crippen LogP contribution in [0.25, 0.3) is 11.1 Å². The van der Waals surface area contributed by atoms with Gasteiger partial charge in [-0.15, -0.1) is 0 Å². The van der Waals surface area contributed by atoms with Gasteiger partial charge >= 0.3 is 6.18 Å². The van der Waals surface area contributed by atoms with E-state index in [9.17, 15) is 27.6 Å². The first-order valence-electron chi connectivity index (χ1n) is 13.0. The number of amides is 2. The van der Waals surface area contributed by atoms with Crippen molar-refractivity contribution >= 4 is 34.4 Å². The Morgan fingerprint density at radius 1 is 0.769 bits per heavy atom. The summed E-state index contributed by atoms with van der Waals surface area (Å²) in [7, 11) is 0. The minimum atomic E-state index is -4.63. The summed E-state index contributed by atoms with van der Waals surface area (Å²) in [5.74, 6) is -3.41. The molecule has 39 heavy (non-hydrogen) atoms. The summed E-state index contributed by atoms with van der Waals surface area (Å²) >= 11 is 0. The predicted octanol–water partition coefficient (Wildman–Crippen LogP) is 6.81. The Balaban J connectivity index is 1.62. The topological polar surface area (TPSA) is 54.5 Å². The Morgan fingerprint density at radius 3 is 1.90 bits per heavy atom. The van der Waals surface area contributed by atoms with E-state index in [0.717, 1.165) is 39.3 Å². The first-order valence-corrected chi connectivity index (χ1v) is 13.0. The summed E-state index contributed by atoms with van der Waals surface area (Å²) in [4.78, 5) is 43.8. The highest BCUT2D eigenvalue weighted by Crippen LogP contribution is 2.75. The van der Waals surface area contributed by atoms with Crippen LogP contribution in [0.2, 0.25) is 0 Å². The summed E-state index contributed by atoms with van der Waals surface area (Å²) in [5, 5.41) is 0. The second-order valence-electron chi connectivity index (χ2n) is 10.8. The lowest BCUT2D eigenvalue weighted by atomic mass is 9.61. The Labute approximate surface area is 224 Å². The van der Waals surface area contributed by atoms with Crippen molar-refractivity contribution in [1.82, 2.24) is 0 Å². The number of allylic oxidation sites excluding steroid dienone is 2. The predicted molar refractivity (Wildman–Crippen MR) is 141 cm³/mol. The normalized spacial score (nSPS) is 28.0. The molecule has 2 amide bonds. The summed E-state index contributed by atoms with van der Waals surface area (Å²) in [6.45, 7) is 3.67. The number of rotatable bonds is 5. The van der Waals surface area contributed by atoms with Gasteiger partial charge in [-0.25, -0.2) is 4.90 Å². The molecule has 198 valence electrons. The maximum atomic E-state index is 14.6. The smallest absolute Gasteiger partial charge is 0.298 e.